The second-order valence-electron chi connectivity index (χ2n) is 5.18. The average Bonchev–Trinajstić information content (AvgIpc) is 2.53. The largest absolute Gasteiger partial charge is 0.492 e. The molecule has 0 spiro atoms. The number of rotatable bonds is 8. The van der Waals surface area contributed by atoms with E-state index in [1.807, 2.05) is 11.8 Å². The van der Waals surface area contributed by atoms with Gasteiger partial charge in [0.1, 0.15) is 5.75 Å². The zero-order valence-corrected chi connectivity index (χ0v) is 13.8. The van der Waals surface area contributed by atoms with Crippen molar-refractivity contribution in [3.8, 4) is 5.75 Å². The van der Waals surface area contributed by atoms with Gasteiger partial charge in [-0.1, -0.05) is 44.2 Å². The van der Waals surface area contributed by atoms with Gasteiger partial charge in [0.15, 0.2) is 0 Å². The summed E-state index contributed by atoms with van der Waals surface area (Å²) < 4.78 is 6.02. The molecule has 3 heteroatoms. The molecule has 0 saturated heterocycles. The molecule has 0 aliphatic heterocycles. The molecule has 2 aromatic carbocycles. The first-order valence-corrected chi connectivity index (χ1v) is 8.88. The first-order chi connectivity index (χ1) is 10.3. The Morgan fingerprint density at radius 3 is 2.71 bits per heavy atom. The minimum atomic E-state index is 0.183. The molecule has 1 unspecified atom stereocenters. The summed E-state index contributed by atoms with van der Waals surface area (Å²) in [6, 6.07) is 12.9. The van der Waals surface area contributed by atoms with Crippen LogP contribution < -0.4 is 10.5 Å². The molecule has 0 fully saturated rings. The summed E-state index contributed by atoms with van der Waals surface area (Å²) in [6.45, 7) is 5.06. The third-order valence-electron chi connectivity index (χ3n) is 3.68. The predicted octanol–water partition coefficient (Wildman–Crippen LogP) is 4.25. The molecule has 2 rings (SSSR count). The van der Waals surface area contributed by atoms with Crippen LogP contribution in [0.2, 0.25) is 0 Å². The highest BCUT2D eigenvalue weighted by atomic mass is 32.2. The maximum Gasteiger partial charge on any atom is 0.123 e. The van der Waals surface area contributed by atoms with Crippen LogP contribution in [-0.2, 0) is 6.42 Å². The quantitative estimate of drug-likeness (QED) is 0.740. The number of ether oxygens (including phenoxy) is 1. The van der Waals surface area contributed by atoms with Gasteiger partial charge >= 0.3 is 0 Å². The second-order valence-corrected chi connectivity index (χ2v) is 6.58. The molecule has 1 atom stereocenters. The Labute approximate surface area is 132 Å². The Morgan fingerprint density at radius 2 is 1.95 bits per heavy atom. The van der Waals surface area contributed by atoms with E-state index in [9.17, 15) is 0 Å². The van der Waals surface area contributed by atoms with Gasteiger partial charge in [0.2, 0.25) is 0 Å². The van der Waals surface area contributed by atoms with Gasteiger partial charge in [-0.3, -0.25) is 0 Å². The van der Waals surface area contributed by atoms with E-state index >= 15 is 0 Å². The molecule has 0 aliphatic rings. The van der Waals surface area contributed by atoms with Crippen LogP contribution in [0.1, 0.15) is 25.8 Å². The Balaban J connectivity index is 2.27. The van der Waals surface area contributed by atoms with Crippen LogP contribution in [0.15, 0.2) is 36.4 Å². The minimum Gasteiger partial charge on any atom is -0.492 e. The summed E-state index contributed by atoms with van der Waals surface area (Å²) >= 11 is 1.91. The zero-order chi connectivity index (χ0) is 15.1. The van der Waals surface area contributed by atoms with Gasteiger partial charge < -0.3 is 10.5 Å². The molecule has 0 radical (unpaired) electrons. The summed E-state index contributed by atoms with van der Waals surface area (Å²) in [5, 5.41) is 2.52. The normalized spacial score (nSPS) is 12.5. The summed E-state index contributed by atoms with van der Waals surface area (Å²) in [6.07, 6.45) is 1.85. The lowest BCUT2D eigenvalue weighted by molar-refractivity contribution is 0.340. The van der Waals surface area contributed by atoms with Crippen molar-refractivity contribution in [2.24, 2.45) is 5.73 Å². The number of hydrogen-bond donors (Lipinski definition) is 1. The minimum absolute atomic E-state index is 0.183. The maximum absolute atomic E-state index is 6.18. The molecule has 0 aromatic heterocycles. The van der Waals surface area contributed by atoms with Crippen molar-refractivity contribution in [1.29, 1.82) is 0 Å². The van der Waals surface area contributed by atoms with Crippen LogP contribution >= 0.6 is 11.8 Å². The van der Waals surface area contributed by atoms with Crippen LogP contribution in [0.3, 0.4) is 0 Å². The highest BCUT2D eigenvalue weighted by Crippen LogP contribution is 2.29. The molecule has 0 aliphatic carbocycles. The Hall–Kier alpha value is -1.19. The van der Waals surface area contributed by atoms with E-state index in [0.717, 1.165) is 36.7 Å². The molecule has 0 amide bonds. The fourth-order valence-corrected chi connectivity index (χ4v) is 2.91. The average molecular weight is 303 g/mol. The van der Waals surface area contributed by atoms with Gasteiger partial charge in [-0.25, -0.2) is 0 Å². The summed E-state index contributed by atoms with van der Waals surface area (Å²) in [4.78, 5) is 0. The van der Waals surface area contributed by atoms with Crippen molar-refractivity contribution >= 4 is 22.5 Å². The summed E-state index contributed by atoms with van der Waals surface area (Å²) in [5.41, 5.74) is 7.44. The van der Waals surface area contributed by atoms with E-state index in [1.54, 1.807) is 0 Å². The van der Waals surface area contributed by atoms with E-state index in [1.165, 1.54) is 16.3 Å². The first-order valence-electron chi connectivity index (χ1n) is 7.73. The number of hydrogen-bond acceptors (Lipinski definition) is 3. The lowest BCUT2D eigenvalue weighted by Gasteiger charge is -2.17. The van der Waals surface area contributed by atoms with Crippen molar-refractivity contribution in [2.75, 3.05) is 18.1 Å². The topological polar surface area (TPSA) is 35.2 Å². The number of thioether (sulfide) groups is 1. The van der Waals surface area contributed by atoms with Crippen LogP contribution in [0.4, 0.5) is 0 Å². The number of nitrogens with two attached hydrogens (primary N) is 1. The summed E-state index contributed by atoms with van der Waals surface area (Å²) in [7, 11) is 0. The Kier molecular flexibility index (Phi) is 6.40. The van der Waals surface area contributed by atoms with E-state index < -0.39 is 0 Å². The smallest absolute Gasteiger partial charge is 0.123 e. The molecular weight excluding hydrogens is 278 g/mol. The van der Waals surface area contributed by atoms with Crippen molar-refractivity contribution in [3.63, 3.8) is 0 Å². The first kappa shape index (κ1) is 16.2. The fourth-order valence-electron chi connectivity index (χ4n) is 2.42. The Bertz CT molecular complexity index is 570. The lowest BCUT2D eigenvalue weighted by Crippen LogP contribution is -2.22. The maximum atomic E-state index is 6.18. The van der Waals surface area contributed by atoms with E-state index in [-0.39, 0.29) is 6.04 Å². The lowest BCUT2D eigenvalue weighted by atomic mass is 9.97. The standard InChI is InChI=1S/C18H25NOS/c1-3-15(19)13-17-16-8-6-5-7-14(16)9-10-18(17)20-11-12-21-4-2/h5-10,15H,3-4,11-13,19H2,1-2H3. The van der Waals surface area contributed by atoms with Gasteiger partial charge in [-0.2, -0.15) is 11.8 Å². The zero-order valence-electron chi connectivity index (χ0n) is 13.0. The molecule has 0 saturated carbocycles. The van der Waals surface area contributed by atoms with Gasteiger partial charge in [-0.05, 0) is 35.4 Å². The van der Waals surface area contributed by atoms with Crippen LogP contribution in [0, 0.1) is 0 Å². The molecule has 0 bridgehead atoms. The fraction of sp³-hybridized carbons (Fsp3) is 0.444. The van der Waals surface area contributed by atoms with Gasteiger partial charge in [0.05, 0.1) is 6.61 Å². The van der Waals surface area contributed by atoms with Crippen molar-refractivity contribution in [2.45, 2.75) is 32.7 Å². The number of benzene rings is 2. The Morgan fingerprint density at radius 1 is 1.14 bits per heavy atom. The highest BCUT2D eigenvalue weighted by molar-refractivity contribution is 7.99. The highest BCUT2D eigenvalue weighted by Gasteiger charge is 2.12. The van der Waals surface area contributed by atoms with Gasteiger partial charge in [-0.15, -0.1) is 0 Å². The van der Waals surface area contributed by atoms with Gasteiger partial charge in [0.25, 0.3) is 0 Å². The van der Waals surface area contributed by atoms with Crippen molar-refractivity contribution in [3.05, 3.63) is 42.0 Å². The van der Waals surface area contributed by atoms with Crippen molar-refractivity contribution < 1.29 is 4.74 Å². The summed E-state index contributed by atoms with van der Waals surface area (Å²) in [5.74, 6) is 3.16. The van der Waals surface area contributed by atoms with Gasteiger partial charge in [0, 0.05) is 17.4 Å². The second kappa shape index (κ2) is 8.30. The SMILES string of the molecule is CCSCCOc1ccc2ccccc2c1CC(N)CC. The molecule has 2 N–H and O–H groups in total. The van der Waals surface area contributed by atoms with Crippen molar-refractivity contribution in [1.82, 2.24) is 0 Å². The predicted molar refractivity (Wildman–Crippen MR) is 94.4 cm³/mol. The molecular formula is C18H25NOS. The van der Waals surface area contributed by atoms with E-state index in [0.29, 0.717) is 0 Å². The molecule has 21 heavy (non-hydrogen) atoms. The molecule has 0 heterocycles. The third-order valence-corrected chi connectivity index (χ3v) is 4.54. The van der Waals surface area contributed by atoms with Crippen LogP contribution in [0.5, 0.6) is 5.75 Å². The van der Waals surface area contributed by atoms with Crippen LogP contribution in [-0.4, -0.2) is 24.2 Å². The van der Waals surface area contributed by atoms with Crippen LogP contribution in [0.25, 0.3) is 10.8 Å². The monoisotopic (exact) mass is 303 g/mol. The van der Waals surface area contributed by atoms with E-state index in [2.05, 4.69) is 50.2 Å². The number of fused-ring (bicyclic) bond motifs is 1. The molecule has 2 nitrogen and oxygen atoms in total. The third kappa shape index (κ3) is 4.39. The molecule has 114 valence electrons. The van der Waals surface area contributed by atoms with E-state index in [4.69, 9.17) is 10.5 Å². The molecule has 2 aromatic rings.